The van der Waals surface area contributed by atoms with Gasteiger partial charge in [0.05, 0.1) is 24.9 Å². The second-order valence-corrected chi connectivity index (χ2v) is 7.27. The highest BCUT2D eigenvalue weighted by Crippen LogP contribution is 2.31. The lowest BCUT2D eigenvalue weighted by atomic mass is 10.0. The predicted molar refractivity (Wildman–Crippen MR) is 110 cm³/mol. The van der Waals surface area contributed by atoms with Crippen molar-refractivity contribution in [3.8, 4) is 16.9 Å². The monoisotopic (exact) mass is 409 g/mol. The molecule has 0 aromatic heterocycles. The smallest absolute Gasteiger partial charge is 0.256 e. The highest BCUT2D eigenvalue weighted by atomic mass is 16.5. The van der Waals surface area contributed by atoms with Crippen LogP contribution in [0.15, 0.2) is 42.5 Å². The van der Waals surface area contributed by atoms with E-state index in [9.17, 15) is 14.4 Å². The van der Waals surface area contributed by atoms with Crippen LogP contribution in [0.4, 0.5) is 5.69 Å². The third-order valence-electron chi connectivity index (χ3n) is 5.50. The third kappa shape index (κ3) is 3.61. The Bertz CT molecular complexity index is 989. The first-order valence-corrected chi connectivity index (χ1v) is 9.69. The minimum absolute atomic E-state index is 0.0479. The SMILES string of the molecule is COCC(=O)N1CCN2C(=O)c3cc(-c4ccc(OC)cc4)ccc3NC(=O)[C@H]2C1. The minimum atomic E-state index is -0.733. The van der Waals surface area contributed by atoms with Gasteiger partial charge in [-0.1, -0.05) is 18.2 Å². The molecule has 2 aliphatic rings. The molecule has 8 nitrogen and oxygen atoms in total. The molecule has 0 saturated carbocycles. The number of piperazine rings is 1. The fraction of sp³-hybridized carbons (Fsp3) is 0.318. The molecule has 0 unspecified atom stereocenters. The number of hydrogen-bond donors (Lipinski definition) is 1. The molecule has 0 bridgehead atoms. The number of nitrogens with one attached hydrogen (secondary N) is 1. The minimum Gasteiger partial charge on any atom is -0.497 e. The number of amides is 3. The van der Waals surface area contributed by atoms with Crippen molar-refractivity contribution in [2.24, 2.45) is 0 Å². The Morgan fingerprint density at radius 2 is 1.80 bits per heavy atom. The van der Waals surface area contributed by atoms with Crippen molar-refractivity contribution in [2.75, 3.05) is 45.8 Å². The zero-order valence-corrected chi connectivity index (χ0v) is 16.9. The Kier molecular flexibility index (Phi) is 5.41. The summed E-state index contributed by atoms with van der Waals surface area (Å²) in [5.74, 6) is 0.0401. The Labute approximate surface area is 174 Å². The van der Waals surface area contributed by atoms with Crippen LogP contribution in [-0.4, -0.2) is 74.0 Å². The second kappa shape index (κ2) is 8.16. The highest BCUT2D eigenvalue weighted by molar-refractivity contribution is 6.10. The fourth-order valence-corrected chi connectivity index (χ4v) is 3.86. The van der Waals surface area contributed by atoms with Gasteiger partial charge in [0.15, 0.2) is 0 Å². The second-order valence-electron chi connectivity index (χ2n) is 7.27. The van der Waals surface area contributed by atoms with Gasteiger partial charge < -0.3 is 24.6 Å². The predicted octanol–water partition coefficient (Wildman–Crippen LogP) is 1.61. The van der Waals surface area contributed by atoms with Crippen LogP contribution in [0.1, 0.15) is 10.4 Å². The summed E-state index contributed by atoms with van der Waals surface area (Å²) >= 11 is 0. The largest absolute Gasteiger partial charge is 0.497 e. The standard InChI is InChI=1S/C22H23N3O5/c1-29-13-20(26)24-9-10-25-19(12-24)21(27)23-18-8-5-15(11-17(18)22(25)28)14-3-6-16(30-2)7-4-14/h3-8,11,19H,9-10,12-13H2,1-2H3,(H,23,27)/t19-/m1/s1. The number of rotatable bonds is 4. The average molecular weight is 409 g/mol. The van der Waals surface area contributed by atoms with Crippen LogP contribution in [0.3, 0.4) is 0 Å². The van der Waals surface area contributed by atoms with Crippen molar-refractivity contribution >= 4 is 23.4 Å². The van der Waals surface area contributed by atoms with E-state index in [1.54, 1.807) is 29.0 Å². The quantitative estimate of drug-likeness (QED) is 0.829. The van der Waals surface area contributed by atoms with Crippen molar-refractivity contribution in [3.63, 3.8) is 0 Å². The van der Waals surface area contributed by atoms with Crippen molar-refractivity contribution in [3.05, 3.63) is 48.0 Å². The lowest BCUT2D eigenvalue weighted by Crippen LogP contribution is -2.59. The molecule has 2 aromatic rings. The van der Waals surface area contributed by atoms with Crippen LogP contribution >= 0.6 is 0 Å². The van der Waals surface area contributed by atoms with Gasteiger partial charge in [-0.15, -0.1) is 0 Å². The summed E-state index contributed by atoms with van der Waals surface area (Å²) in [6, 6.07) is 12.2. The van der Waals surface area contributed by atoms with E-state index < -0.39 is 6.04 Å². The molecule has 30 heavy (non-hydrogen) atoms. The van der Waals surface area contributed by atoms with E-state index in [2.05, 4.69) is 5.32 Å². The molecule has 1 N–H and O–H groups in total. The van der Waals surface area contributed by atoms with E-state index in [1.165, 1.54) is 7.11 Å². The third-order valence-corrected chi connectivity index (χ3v) is 5.50. The molecule has 4 rings (SSSR count). The molecule has 2 heterocycles. The number of hydrogen-bond acceptors (Lipinski definition) is 5. The Hall–Kier alpha value is -3.39. The number of nitrogens with zero attached hydrogens (tertiary/aromatic N) is 2. The maximum atomic E-state index is 13.3. The number of anilines is 1. The molecule has 0 radical (unpaired) electrons. The van der Waals surface area contributed by atoms with Gasteiger partial charge in [-0.3, -0.25) is 14.4 Å². The molecule has 1 fully saturated rings. The van der Waals surface area contributed by atoms with Gasteiger partial charge in [0.25, 0.3) is 5.91 Å². The van der Waals surface area contributed by atoms with Gasteiger partial charge in [-0.25, -0.2) is 0 Å². The number of methoxy groups -OCH3 is 2. The van der Waals surface area contributed by atoms with Gasteiger partial charge >= 0.3 is 0 Å². The van der Waals surface area contributed by atoms with E-state index >= 15 is 0 Å². The van der Waals surface area contributed by atoms with Crippen LogP contribution in [0.2, 0.25) is 0 Å². The number of ether oxygens (including phenoxy) is 2. The van der Waals surface area contributed by atoms with Gasteiger partial charge in [-0.05, 0) is 35.4 Å². The maximum Gasteiger partial charge on any atom is 0.256 e. The molecule has 0 aliphatic carbocycles. The summed E-state index contributed by atoms with van der Waals surface area (Å²) in [5, 5.41) is 2.85. The van der Waals surface area contributed by atoms with Crippen LogP contribution in [0.25, 0.3) is 11.1 Å². The Morgan fingerprint density at radius 3 is 2.50 bits per heavy atom. The number of carbonyl (C=O) groups excluding carboxylic acids is 3. The topological polar surface area (TPSA) is 88.2 Å². The molecule has 2 aromatic carbocycles. The first-order valence-electron chi connectivity index (χ1n) is 9.69. The zero-order valence-electron chi connectivity index (χ0n) is 16.9. The molecule has 1 saturated heterocycles. The lowest BCUT2D eigenvalue weighted by molar-refractivity contribution is -0.139. The molecular weight excluding hydrogens is 386 g/mol. The average Bonchev–Trinajstić information content (AvgIpc) is 2.88. The molecule has 1 atom stereocenters. The van der Waals surface area contributed by atoms with Crippen molar-refractivity contribution in [1.29, 1.82) is 0 Å². The van der Waals surface area contributed by atoms with Gasteiger partial charge in [0.2, 0.25) is 11.8 Å². The molecule has 156 valence electrons. The number of benzene rings is 2. The van der Waals surface area contributed by atoms with Crippen molar-refractivity contribution < 1.29 is 23.9 Å². The molecule has 3 amide bonds. The summed E-state index contributed by atoms with van der Waals surface area (Å²) in [6.45, 7) is 0.761. The van der Waals surface area contributed by atoms with Crippen LogP contribution < -0.4 is 10.1 Å². The van der Waals surface area contributed by atoms with Crippen molar-refractivity contribution in [1.82, 2.24) is 9.80 Å². The van der Waals surface area contributed by atoms with E-state index in [1.807, 2.05) is 30.3 Å². The first-order chi connectivity index (χ1) is 14.5. The van der Waals surface area contributed by atoms with Gasteiger partial charge in [0.1, 0.15) is 18.4 Å². The molecular formula is C22H23N3O5. The van der Waals surface area contributed by atoms with E-state index in [0.717, 1.165) is 16.9 Å². The van der Waals surface area contributed by atoms with Gasteiger partial charge in [-0.2, -0.15) is 0 Å². The summed E-state index contributed by atoms with van der Waals surface area (Å²) in [5.41, 5.74) is 2.72. The van der Waals surface area contributed by atoms with Crippen molar-refractivity contribution in [2.45, 2.75) is 6.04 Å². The van der Waals surface area contributed by atoms with E-state index in [-0.39, 0.29) is 30.9 Å². The molecule has 2 aliphatic heterocycles. The first kappa shape index (κ1) is 19.9. The molecule has 0 spiro atoms. The summed E-state index contributed by atoms with van der Waals surface area (Å²) < 4.78 is 10.1. The maximum absolute atomic E-state index is 13.3. The normalized spacial score (nSPS) is 18.3. The van der Waals surface area contributed by atoms with Crippen LogP contribution in [0.5, 0.6) is 5.75 Å². The fourth-order valence-electron chi connectivity index (χ4n) is 3.86. The van der Waals surface area contributed by atoms with Crippen LogP contribution in [0, 0.1) is 0 Å². The van der Waals surface area contributed by atoms with Gasteiger partial charge in [0, 0.05) is 20.2 Å². The lowest BCUT2D eigenvalue weighted by Gasteiger charge is -2.39. The van der Waals surface area contributed by atoms with E-state index in [0.29, 0.717) is 24.3 Å². The van der Waals surface area contributed by atoms with E-state index in [4.69, 9.17) is 9.47 Å². The summed E-state index contributed by atoms with van der Waals surface area (Å²) in [6.07, 6.45) is 0. The number of carbonyl (C=O) groups is 3. The van der Waals surface area contributed by atoms with Crippen LogP contribution in [-0.2, 0) is 14.3 Å². The summed E-state index contributed by atoms with van der Waals surface area (Å²) in [4.78, 5) is 41.4. The summed E-state index contributed by atoms with van der Waals surface area (Å²) in [7, 11) is 3.06. The Morgan fingerprint density at radius 1 is 1.07 bits per heavy atom. The highest BCUT2D eigenvalue weighted by Gasteiger charge is 2.40. The Balaban J connectivity index is 1.63. The zero-order chi connectivity index (χ0) is 21.3. The molecule has 8 heteroatoms. The number of fused-ring (bicyclic) bond motifs is 2.